The first-order valence-corrected chi connectivity index (χ1v) is 3.90. The average molecular weight is 126 g/mol. The van der Waals surface area contributed by atoms with Gasteiger partial charge < -0.3 is 0 Å². The van der Waals surface area contributed by atoms with Crippen molar-refractivity contribution in [3.8, 4) is 0 Å². The molecular formula is C7H10S. The highest BCUT2D eigenvalue weighted by atomic mass is 32.2. The average Bonchev–Trinajstić information content (AvgIpc) is 1.62. The highest BCUT2D eigenvalue weighted by molar-refractivity contribution is 8.04. The Bertz CT molecular complexity index is 91.0. The zero-order valence-corrected chi connectivity index (χ0v) is 5.66. The summed E-state index contributed by atoms with van der Waals surface area (Å²) in [6, 6.07) is 0. The molecule has 0 unspecified atom stereocenters. The molecule has 1 heteroatoms. The van der Waals surface area contributed by atoms with Crippen LogP contribution < -0.4 is 0 Å². The van der Waals surface area contributed by atoms with Crippen LogP contribution in [0.4, 0.5) is 0 Å². The van der Waals surface area contributed by atoms with Gasteiger partial charge >= 0.3 is 0 Å². The van der Waals surface area contributed by atoms with Crippen LogP contribution in [0.3, 0.4) is 0 Å². The maximum absolute atomic E-state index is 2.23. The van der Waals surface area contributed by atoms with E-state index >= 15 is 0 Å². The first kappa shape index (κ1) is 5.96. The van der Waals surface area contributed by atoms with E-state index in [0.29, 0.717) is 0 Å². The number of rotatable bonds is 0. The van der Waals surface area contributed by atoms with Gasteiger partial charge in [-0.15, -0.1) is 11.8 Å². The first-order chi connectivity index (χ1) is 4.00. The van der Waals surface area contributed by atoms with Crippen molar-refractivity contribution in [1.29, 1.82) is 0 Å². The second-order valence-corrected chi connectivity index (χ2v) is 2.63. The lowest BCUT2D eigenvalue weighted by Crippen LogP contribution is -1.69. The fourth-order valence-corrected chi connectivity index (χ4v) is 1.23. The van der Waals surface area contributed by atoms with Crippen LogP contribution in [0.15, 0.2) is 23.0 Å². The summed E-state index contributed by atoms with van der Waals surface area (Å²) < 4.78 is 0. The molecule has 0 saturated heterocycles. The summed E-state index contributed by atoms with van der Waals surface area (Å²) in [4.78, 5) is 0. The third-order valence-electron chi connectivity index (χ3n) is 1.09. The van der Waals surface area contributed by atoms with E-state index in [-0.39, 0.29) is 0 Å². The van der Waals surface area contributed by atoms with Gasteiger partial charge in [-0.1, -0.05) is 12.2 Å². The van der Waals surface area contributed by atoms with E-state index in [4.69, 9.17) is 0 Å². The minimum absolute atomic E-state index is 1.25. The van der Waals surface area contributed by atoms with Crippen molar-refractivity contribution in [2.45, 2.75) is 19.3 Å². The molecule has 8 heavy (non-hydrogen) atoms. The van der Waals surface area contributed by atoms with E-state index in [9.17, 15) is 0 Å². The van der Waals surface area contributed by atoms with E-state index in [1.807, 2.05) is 0 Å². The summed E-state index contributed by atoms with van der Waals surface area (Å²) in [6.45, 7) is 0. The van der Waals surface area contributed by atoms with Gasteiger partial charge in [-0.05, 0) is 30.1 Å². The first-order valence-electron chi connectivity index (χ1n) is 2.95. The van der Waals surface area contributed by atoms with Gasteiger partial charge in [0.05, 0.1) is 0 Å². The van der Waals surface area contributed by atoms with Crippen LogP contribution in [0, 0.1) is 0 Å². The Morgan fingerprint density at radius 1 is 1.00 bits per heavy atom. The molecular weight excluding hydrogens is 116 g/mol. The van der Waals surface area contributed by atoms with Crippen molar-refractivity contribution < 1.29 is 0 Å². The molecule has 1 aliphatic heterocycles. The van der Waals surface area contributed by atoms with Crippen LogP contribution >= 0.6 is 11.8 Å². The molecule has 0 aromatic heterocycles. The highest BCUT2D eigenvalue weighted by Crippen LogP contribution is 2.11. The second kappa shape index (κ2) is 3.79. The number of hydrogen-bond acceptors (Lipinski definition) is 1. The Morgan fingerprint density at radius 3 is 2.25 bits per heavy atom. The topological polar surface area (TPSA) is 0 Å². The van der Waals surface area contributed by atoms with E-state index in [1.165, 1.54) is 19.3 Å². The predicted molar refractivity (Wildman–Crippen MR) is 39.7 cm³/mol. The molecule has 0 N–H and O–H groups in total. The maximum Gasteiger partial charge on any atom is -0.0288 e. The Balaban J connectivity index is 2.31. The molecule has 0 fully saturated rings. The molecule has 0 aliphatic carbocycles. The van der Waals surface area contributed by atoms with Crippen LogP contribution in [0.25, 0.3) is 0 Å². The van der Waals surface area contributed by atoms with Gasteiger partial charge in [-0.2, -0.15) is 0 Å². The van der Waals surface area contributed by atoms with Crippen LogP contribution in [-0.4, -0.2) is 0 Å². The van der Waals surface area contributed by atoms with Crippen molar-refractivity contribution in [3.05, 3.63) is 23.0 Å². The van der Waals surface area contributed by atoms with Crippen LogP contribution in [-0.2, 0) is 0 Å². The van der Waals surface area contributed by atoms with Crippen molar-refractivity contribution in [3.63, 3.8) is 0 Å². The molecule has 0 aromatic rings. The molecule has 44 valence electrons. The Labute approximate surface area is 54.7 Å². The monoisotopic (exact) mass is 126 g/mol. The molecule has 0 spiro atoms. The molecule has 0 amide bonds. The van der Waals surface area contributed by atoms with E-state index in [0.717, 1.165) is 0 Å². The highest BCUT2D eigenvalue weighted by Gasteiger charge is 1.82. The minimum Gasteiger partial charge on any atom is -0.107 e. The molecule has 1 heterocycles. The van der Waals surface area contributed by atoms with Gasteiger partial charge in [0.15, 0.2) is 0 Å². The molecule has 0 nitrogen and oxygen atoms in total. The Kier molecular flexibility index (Phi) is 2.82. The molecule has 0 atom stereocenters. The lowest BCUT2D eigenvalue weighted by atomic mass is 10.2. The molecule has 0 aromatic carbocycles. The second-order valence-electron chi connectivity index (χ2n) is 1.81. The van der Waals surface area contributed by atoms with E-state index in [1.54, 1.807) is 11.8 Å². The van der Waals surface area contributed by atoms with Gasteiger partial charge in [0, 0.05) is 0 Å². The summed E-state index contributed by atoms with van der Waals surface area (Å²) in [7, 11) is 0. The van der Waals surface area contributed by atoms with Crippen molar-refractivity contribution >= 4 is 11.8 Å². The lowest BCUT2D eigenvalue weighted by Gasteiger charge is -1.92. The van der Waals surface area contributed by atoms with Gasteiger partial charge in [0.2, 0.25) is 0 Å². The van der Waals surface area contributed by atoms with Gasteiger partial charge in [0.25, 0.3) is 0 Å². The number of allylic oxidation sites excluding steroid dienone is 2. The minimum atomic E-state index is 1.25. The fourth-order valence-electron chi connectivity index (χ4n) is 0.646. The molecule has 1 rings (SSSR count). The summed E-state index contributed by atoms with van der Waals surface area (Å²) in [6.07, 6.45) is 8.27. The van der Waals surface area contributed by atoms with Crippen molar-refractivity contribution in [2.75, 3.05) is 0 Å². The van der Waals surface area contributed by atoms with E-state index < -0.39 is 0 Å². The standard InChI is InChI=1S/C7H10S/c1-2-4-6-8-7-5-3-1/h4-7H,1-3H2. The SMILES string of the molecule is C1=CSC=CCCC1. The van der Waals surface area contributed by atoms with Crippen molar-refractivity contribution in [2.24, 2.45) is 0 Å². The third kappa shape index (κ3) is 2.22. The van der Waals surface area contributed by atoms with Crippen LogP contribution in [0.1, 0.15) is 19.3 Å². The predicted octanol–water partition coefficient (Wildman–Crippen LogP) is 2.93. The summed E-state index contributed by atoms with van der Waals surface area (Å²) in [5.74, 6) is 0. The zero-order valence-electron chi connectivity index (χ0n) is 4.84. The van der Waals surface area contributed by atoms with Gasteiger partial charge in [-0.25, -0.2) is 0 Å². The normalized spacial score (nSPS) is 20.0. The largest absolute Gasteiger partial charge is 0.107 e. The van der Waals surface area contributed by atoms with Gasteiger partial charge in [0.1, 0.15) is 0 Å². The molecule has 0 radical (unpaired) electrons. The quantitative estimate of drug-likeness (QED) is 0.481. The Hall–Kier alpha value is -0.170. The van der Waals surface area contributed by atoms with Crippen molar-refractivity contribution in [1.82, 2.24) is 0 Å². The lowest BCUT2D eigenvalue weighted by molar-refractivity contribution is 0.869. The zero-order chi connectivity index (χ0) is 5.66. The summed E-state index contributed by atoms with van der Waals surface area (Å²) in [5.41, 5.74) is 0. The van der Waals surface area contributed by atoms with Crippen LogP contribution in [0.2, 0.25) is 0 Å². The Morgan fingerprint density at radius 2 is 1.62 bits per heavy atom. The molecule has 0 saturated carbocycles. The fraction of sp³-hybridized carbons (Fsp3) is 0.429. The van der Waals surface area contributed by atoms with E-state index in [2.05, 4.69) is 23.0 Å². The summed E-state index contributed by atoms with van der Waals surface area (Å²) in [5, 5.41) is 4.30. The van der Waals surface area contributed by atoms with Gasteiger partial charge in [-0.3, -0.25) is 0 Å². The molecule has 0 bridgehead atoms. The number of hydrogen-bond donors (Lipinski definition) is 0. The van der Waals surface area contributed by atoms with Crippen LogP contribution in [0.5, 0.6) is 0 Å². The number of thioether (sulfide) groups is 1. The molecule has 1 aliphatic rings. The third-order valence-corrected chi connectivity index (χ3v) is 1.79. The maximum atomic E-state index is 2.23. The summed E-state index contributed by atoms with van der Waals surface area (Å²) >= 11 is 1.77. The smallest absolute Gasteiger partial charge is 0.0288 e.